The van der Waals surface area contributed by atoms with E-state index in [9.17, 15) is 37.6 Å². The van der Waals surface area contributed by atoms with Crippen molar-refractivity contribution in [1.82, 2.24) is 20.5 Å². The van der Waals surface area contributed by atoms with Crippen molar-refractivity contribution in [1.29, 1.82) is 5.26 Å². The highest BCUT2D eigenvalue weighted by molar-refractivity contribution is 7.81. The molecular weight excluding hydrogens is 987 g/mol. The maximum Gasteiger partial charge on any atom is 0.417 e. The van der Waals surface area contributed by atoms with E-state index in [1.165, 1.54) is 43.0 Å². The third-order valence-electron chi connectivity index (χ3n) is 12.7. The summed E-state index contributed by atoms with van der Waals surface area (Å²) in [4.78, 5) is 63.5. The van der Waals surface area contributed by atoms with Gasteiger partial charge < -0.3 is 34.6 Å². The van der Waals surface area contributed by atoms with Crippen LogP contribution in [-0.4, -0.2) is 95.8 Å². The minimum absolute atomic E-state index is 0.0147. The smallest absolute Gasteiger partial charge is 0.417 e. The summed E-state index contributed by atoms with van der Waals surface area (Å²) in [6, 6.07) is 14.9. The molecule has 3 heterocycles. The van der Waals surface area contributed by atoms with Crippen molar-refractivity contribution in [3.8, 4) is 22.3 Å². The molecule has 20 heteroatoms. The molecule has 2 N–H and O–H groups in total. The molecule has 0 saturated carbocycles. The number of amides is 4. The second-order valence-corrected chi connectivity index (χ2v) is 21.2. The highest BCUT2D eigenvalue weighted by Gasteiger charge is 2.51. The molecule has 0 aliphatic carbocycles. The lowest BCUT2D eigenvalue weighted by atomic mass is 9.85. The molecule has 0 radical (unpaired) electrons. The zero-order valence-corrected chi connectivity index (χ0v) is 43.8. The summed E-state index contributed by atoms with van der Waals surface area (Å²) >= 11 is 7.13. The molecule has 2 aliphatic rings. The zero-order valence-electron chi connectivity index (χ0n) is 42.2. The molecular formula is C53H63F4N7O7S2. The minimum atomic E-state index is -4.84. The average Bonchev–Trinajstić information content (AvgIpc) is 4.00. The number of carbonyl (C=O) groups excluding carboxylic acids is 4. The second kappa shape index (κ2) is 24.3. The maximum absolute atomic E-state index is 15.3. The van der Waals surface area contributed by atoms with Crippen LogP contribution in [-0.2, 0) is 41.4 Å². The van der Waals surface area contributed by atoms with Gasteiger partial charge in [0, 0.05) is 44.7 Å². The number of benzene rings is 3. The van der Waals surface area contributed by atoms with Crippen molar-refractivity contribution in [2.45, 2.75) is 117 Å². The molecule has 3 aromatic carbocycles. The number of rotatable bonds is 22. The highest BCUT2D eigenvalue weighted by atomic mass is 32.1. The van der Waals surface area contributed by atoms with E-state index in [4.69, 9.17) is 26.4 Å². The number of anilines is 2. The minimum Gasteiger partial charge on any atom is -0.491 e. The van der Waals surface area contributed by atoms with Crippen LogP contribution >= 0.6 is 23.6 Å². The summed E-state index contributed by atoms with van der Waals surface area (Å²) in [5, 5.41) is 14.9. The van der Waals surface area contributed by atoms with Crippen molar-refractivity contribution in [3.63, 3.8) is 0 Å². The van der Waals surface area contributed by atoms with Crippen LogP contribution in [0.3, 0.4) is 0 Å². The first-order valence-corrected chi connectivity index (χ1v) is 25.6. The quantitative estimate of drug-likeness (QED) is 0.0437. The molecule has 392 valence electrons. The monoisotopic (exact) mass is 1050 g/mol. The van der Waals surface area contributed by atoms with Crippen LogP contribution in [0.1, 0.15) is 102 Å². The third-order valence-corrected chi connectivity index (χ3v) is 14.1. The predicted octanol–water partition coefficient (Wildman–Crippen LogP) is 9.51. The summed E-state index contributed by atoms with van der Waals surface area (Å²) < 4.78 is 73.5. The van der Waals surface area contributed by atoms with Crippen LogP contribution in [0.25, 0.3) is 10.4 Å². The Labute approximate surface area is 433 Å². The molecule has 0 unspecified atom stereocenters. The van der Waals surface area contributed by atoms with Crippen LogP contribution in [0.5, 0.6) is 5.75 Å². The van der Waals surface area contributed by atoms with Gasteiger partial charge in [-0.1, -0.05) is 52.0 Å². The summed E-state index contributed by atoms with van der Waals surface area (Å²) in [7, 11) is 0. The van der Waals surface area contributed by atoms with Crippen LogP contribution in [0.2, 0.25) is 0 Å². The fourth-order valence-corrected chi connectivity index (χ4v) is 10.1. The number of unbranched alkanes of at least 4 members (excludes halogenated alkanes) is 3. The van der Waals surface area contributed by atoms with E-state index in [1.54, 1.807) is 16.2 Å². The molecule has 3 atom stereocenters. The van der Waals surface area contributed by atoms with E-state index in [0.717, 1.165) is 51.6 Å². The number of thiocarbonyl (C=S) groups is 1. The number of thiazole rings is 1. The predicted molar refractivity (Wildman–Crippen MR) is 274 cm³/mol. The first-order chi connectivity index (χ1) is 34.5. The Hall–Kier alpha value is -6.01. The van der Waals surface area contributed by atoms with Crippen LogP contribution < -0.4 is 25.2 Å². The Balaban J connectivity index is 0.848. The van der Waals surface area contributed by atoms with E-state index in [1.807, 2.05) is 64.4 Å². The Kier molecular flexibility index (Phi) is 18.8. The molecule has 2 aliphatic heterocycles. The van der Waals surface area contributed by atoms with E-state index < -0.39 is 58.0 Å². The van der Waals surface area contributed by atoms with Gasteiger partial charge in [-0.15, -0.1) is 11.3 Å². The van der Waals surface area contributed by atoms with Crippen molar-refractivity contribution >= 4 is 63.7 Å². The number of likely N-dealkylation sites (tertiary alicyclic amines) is 1. The summed E-state index contributed by atoms with van der Waals surface area (Å²) in [5.41, 5.74) is 1.01. The van der Waals surface area contributed by atoms with Gasteiger partial charge in [0.05, 0.1) is 45.6 Å². The number of nitriles is 1. The molecule has 1 aromatic heterocycles. The van der Waals surface area contributed by atoms with Crippen molar-refractivity contribution in [2.24, 2.45) is 11.3 Å². The molecule has 6 rings (SSSR count). The number of halogens is 4. The van der Waals surface area contributed by atoms with Gasteiger partial charge >= 0.3 is 6.18 Å². The number of hydrogen-bond donors (Lipinski definition) is 2. The maximum atomic E-state index is 15.3. The topological polar surface area (TPSA) is 166 Å². The van der Waals surface area contributed by atoms with Crippen LogP contribution in [0.15, 0.2) is 66.2 Å². The van der Waals surface area contributed by atoms with Gasteiger partial charge in [-0.2, -0.15) is 18.4 Å². The van der Waals surface area contributed by atoms with E-state index in [0.29, 0.717) is 64.7 Å². The molecule has 73 heavy (non-hydrogen) atoms. The average molecular weight is 1050 g/mol. The van der Waals surface area contributed by atoms with Gasteiger partial charge in [0.2, 0.25) is 17.7 Å². The molecule has 4 amide bonds. The lowest BCUT2D eigenvalue weighted by molar-refractivity contribution is -0.144. The van der Waals surface area contributed by atoms with Crippen molar-refractivity contribution < 1.29 is 51.0 Å². The fourth-order valence-electron chi connectivity index (χ4n) is 8.76. The van der Waals surface area contributed by atoms with Gasteiger partial charge in [0.1, 0.15) is 24.2 Å². The van der Waals surface area contributed by atoms with Gasteiger partial charge in [0.25, 0.3) is 5.91 Å². The largest absolute Gasteiger partial charge is 0.491 e. The summed E-state index contributed by atoms with van der Waals surface area (Å²) in [6.07, 6.45) is -0.840. The summed E-state index contributed by atoms with van der Waals surface area (Å²) in [6.45, 7) is 14.7. The number of carbonyl (C=O) groups is 4. The molecule has 2 fully saturated rings. The van der Waals surface area contributed by atoms with Crippen molar-refractivity contribution in [3.05, 3.63) is 94.4 Å². The third kappa shape index (κ3) is 14.0. The number of nitrogens with one attached hydrogen (secondary N) is 2. The van der Waals surface area contributed by atoms with E-state index >= 15 is 4.39 Å². The second-order valence-electron chi connectivity index (χ2n) is 19.9. The van der Waals surface area contributed by atoms with Gasteiger partial charge in [0.15, 0.2) is 16.7 Å². The van der Waals surface area contributed by atoms with E-state index in [2.05, 4.69) is 15.6 Å². The SMILES string of the molecule is Cc1ncsc1-c1ccc(CNC(=O)[C@@H]2C[C@@H](C)CN2C(=O)[C@@H](NC(=O)COCCCCOCCCCCOc2ccc(N3C(=S)N(c4ccc(C#N)c(C(F)(F)F)c4)C(=O)C3(C)C)cc2F)C(C)(C)C)cc1. The summed E-state index contributed by atoms with van der Waals surface area (Å²) in [5.74, 6) is -2.20. The Bertz CT molecular complexity index is 2670. The highest BCUT2D eigenvalue weighted by Crippen LogP contribution is 2.41. The molecule has 4 aromatic rings. The first-order valence-electron chi connectivity index (χ1n) is 24.3. The number of hydrogen-bond acceptors (Lipinski definition) is 11. The fraction of sp³-hybridized carbons (Fsp3) is 0.491. The van der Waals surface area contributed by atoms with E-state index in [-0.39, 0.29) is 53.2 Å². The van der Waals surface area contributed by atoms with Crippen molar-refractivity contribution in [2.75, 3.05) is 49.4 Å². The number of aryl methyl sites for hydroxylation is 1. The van der Waals surface area contributed by atoms with Crippen LogP contribution in [0, 0.1) is 35.4 Å². The molecule has 0 bridgehead atoms. The zero-order chi connectivity index (χ0) is 53.3. The van der Waals surface area contributed by atoms with Gasteiger partial charge in [-0.05, 0) is 124 Å². The Morgan fingerprint density at radius 2 is 1.60 bits per heavy atom. The molecule has 2 saturated heterocycles. The number of aromatic nitrogens is 1. The lowest BCUT2D eigenvalue weighted by Gasteiger charge is -2.35. The first kappa shape index (κ1) is 56.3. The van der Waals surface area contributed by atoms with Gasteiger partial charge in [-0.25, -0.2) is 9.37 Å². The van der Waals surface area contributed by atoms with Crippen LogP contribution in [0.4, 0.5) is 28.9 Å². The molecule has 14 nitrogen and oxygen atoms in total. The number of ether oxygens (including phenoxy) is 3. The number of nitrogens with zero attached hydrogens (tertiary/aromatic N) is 5. The Morgan fingerprint density at radius 3 is 2.23 bits per heavy atom. The Morgan fingerprint density at radius 1 is 0.945 bits per heavy atom. The normalized spacial score (nSPS) is 17.2. The lowest BCUT2D eigenvalue weighted by Crippen LogP contribution is -2.58. The number of alkyl halides is 3. The van der Waals surface area contributed by atoms with Gasteiger partial charge in [-0.3, -0.25) is 24.1 Å². The standard InChI is InChI=1S/C53H63F4N7O7S2/c1-33-25-42(47(66)59-29-35-13-15-36(16-14-35)45-34(2)60-32-73-45)62(30-33)48(67)46(51(3,4)5)61-44(65)31-70-23-12-11-22-69-21-9-8-10-24-71-43-20-19-39(27-41(43)54)64-50(72)63(49(68)52(64,6)7)38-18-17-37(28-58)40(26-38)53(55,56)57/h13-20,26-27,32-33,42,46H,8-12,21-25,29-31H2,1-7H3,(H,59,66)(H,61,65)/t33-,42+,46-/m1/s1. The molecule has 0 spiro atoms.